The number of aromatic nitrogens is 1. The highest BCUT2D eigenvalue weighted by atomic mass is 35.5. The Morgan fingerprint density at radius 3 is 2.80 bits per heavy atom. The van der Waals surface area contributed by atoms with Gasteiger partial charge in [0.1, 0.15) is 5.15 Å². The van der Waals surface area contributed by atoms with Crippen molar-refractivity contribution in [1.29, 1.82) is 0 Å². The molecule has 0 aliphatic heterocycles. The molecule has 1 radical (unpaired) electrons. The van der Waals surface area contributed by atoms with E-state index < -0.39 is 0 Å². The lowest BCUT2D eigenvalue weighted by molar-refractivity contribution is 0.562. The number of rotatable bonds is 1. The Labute approximate surface area is 63.8 Å². The van der Waals surface area contributed by atoms with E-state index in [1.165, 1.54) is 0 Å². The van der Waals surface area contributed by atoms with Crippen LogP contribution >= 0.6 is 11.6 Å². The van der Waals surface area contributed by atoms with E-state index in [2.05, 4.69) is 4.98 Å². The Hall–Kier alpha value is -0.890. The predicted molar refractivity (Wildman–Crippen MR) is 38.8 cm³/mol. The second kappa shape index (κ2) is 2.80. The van der Waals surface area contributed by atoms with Gasteiger partial charge in [-0.15, -0.1) is 0 Å². The smallest absolute Gasteiger partial charge is 0.236 e. The Balaban J connectivity index is 3.19. The summed E-state index contributed by atoms with van der Waals surface area (Å²) < 4.78 is 0. The third-order valence-corrected chi connectivity index (χ3v) is 1.39. The van der Waals surface area contributed by atoms with Gasteiger partial charge >= 0.3 is 0 Å². The molecule has 1 heterocycles. The molecule has 0 N–H and O–H groups in total. The summed E-state index contributed by atoms with van der Waals surface area (Å²) in [5, 5.41) is 0.218. The number of pyridine rings is 1. The molecule has 0 amide bonds. The van der Waals surface area contributed by atoms with Crippen LogP contribution in [0.25, 0.3) is 0 Å². The molecular formula is C7H5ClNO. The number of hydrogen-bond acceptors (Lipinski definition) is 2. The largest absolute Gasteiger partial charge is 0.285 e. The first-order valence-electron chi connectivity index (χ1n) is 2.75. The van der Waals surface area contributed by atoms with Crippen molar-refractivity contribution >= 4 is 17.9 Å². The average Bonchev–Trinajstić information content (AvgIpc) is 1.88. The van der Waals surface area contributed by atoms with Gasteiger partial charge in [-0.05, 0) is 19.1 Å². The summed E-state index contributed by atoms with van der Waals surface area (Å²) in [7, 11) is 0. The number of nitrogens with zero attached hydrogens (tertiary/aromatic N) is 1. The molecule has 1 aromatic heterocycles. The van der Waals surface area contributed by atoms with Crippen LogP contribution in [-0.4, -0.2) is 11.3 Å². The van der Waals surface area contributed by atoms with Crippen LogP contribution in [0.2, 0.25) is 5.15 Å². The second-order valence-corrected chi connectivity index (χ2v) is 2.25. The van der Waals surface area contributed by atoms with E-state index in [9.17, 15) is 4.79 Å². The van der Waals surface area contributed by atoms with E-state index in [0.29, 0.717) is 5.56 Å². The first-order chi connectivity index (χ1) is 4.74. The highest BCUT2D eigenvalue weighted by Crippen LogP contribution is 2.10. The first kappa shape index (κ1) is 7.22. The molecule has 51 valence electrons. The van der Waals surface area contributed by atoms with Crippen molar-refractivity contribution in [3.05, 3.63) is 28.5 Å². The third-order valence-electron chi connectivity index (χ3n) is 1.10. The van der Waals surface area contributed by atoms with Crippen molar-refractivity contribution in [1.82, 2.24) is 4.98 Å². The minimum absolute atomic E-state index is 0.218. The Kier molecular flexibility index (Phi) is 2.02. The lowest BCUT2D eigenvalue weighted by Gasteiger charge is -1.93. The van der Waals surface area contributed by atoms with Crippen LogP contribution in [0.1, 0.15) is 11.3 Å². The van der Waals surface area contributed by atoms with Crippen molar-refractivity contribution < 1.29 is 4.79 Å². The molecule has 0 saturated carbocycles. The maximum atomic E-state index is 10.1. The van der Waals surface area contributed by atoms with E-state index in [1.807, 2.05) is 0 Å². The van der Waals surface area contributed by atoms with Gasteiger partial charge in [0.15, 0.2) is 0 Å². The molecule has 0 fully saturated rings. The fourth-order valence-electron chi connectivity index (χ4n) is 0.601. The van der Waals surface area contributed by atoms with Gasteiger partial charge in [0.2, 0.25) is 6.29 Å². The van der Waals surface area contributed by atoms with Crippen molar-refractivity contribution in [2.75, 3.05) is 0 Å². The van der Waals surface area contributed by atoms with Crippen molar-refractivity contribution in [3.63, 3.8) is 0 Å². The summed E-state index contributed by atoms with van der Waals surface area (Å²) in [5.74, 6) is 0. The fraction of sp³-hybridized carbons (Fsp3) is 0.143. The quantitative estimate of drug-likeness (QED) is 0.574. The number of hydrogen-bond donors (Lipinski definition) is 0. The highest BCUT2D eigenvalue weighted by Gasteiger charge is 1.99. The van der Waals surface area contributed by atoms with Gasteiger partial charge in [-0.2, -0.15) is 0 Å². The van der Waals surface area contributed by atoms with Gasteiger partial charge in [-0.3, -0.25) is 4.79 Å². The summed E-state index contributed by atoms with van der Waals surface area (Å²) in [6, 6.07) is 3.31. The minimum atomic E-state index is 0.218. The molecule has 2 nitrogen and oxygen atoms in total. The molecule has 10 heavy (non-hydrogen) atoms. The van der Waals surface area contributed by atoms with E-state index >= 15 is 0 Å². The van der Waals surface area contributed by atoms with Crippen LogP contribution in [0.5, 0.6) is 0 Å². The molecule has 0 atom stereocenters. The van der Waals surface area contributed by atoms with Gasteiger partial charge in [0.25, 0.3) is 0 Å². The molecule has 0 unspecified atom stereocenters. The minimum Gasteiger partial charge on any atom is -0.285 e. The van der Waals surface area contributed by atoms with Gasteiger partial charge in [-0.1, -0.05) is 11.6 Å². The molecule has 3 heteroatoms. The van der Waals surface area contributed by atoms with Gasteiger partial charge in [-0.25, -0.2) is 4.98 Å². The van der Waals surface area contributed by atoms with Crippen LogP contribution in [-0.2, 0) is 4.79 Å². The standard InChI is InChI=1S/C7H5ClNO/c1-5-2-3-6(4-10)7(8)9-5/h2-3H,1H3. The Morgan fingerprint density at radius 1 is 1.60 bits per heavy atom. The van der Waals surface area contributed by atoms with Crippen molar-refractivity contribution in [2.45, 2.75) is 6.92 Å². The van der Waals surface area contributed by atoms with Gasteiger partial charge < -0.3 is 0 Å². The predicted octanol–water partition coefficient (Wildman–Crippen LogP) is 1.50. The molecule has 0 aliphatic carbocycles. The molecule has 1 rings (SSSR count). The van der Waals surface area contributed by atoms with Crippen LogP contribution in [0, 0.1) is 6.92 Å². The monoisotopic (exact) mass is 154 g/mol. The fourth-order valence-corrected chi connectivity index (χ4v) is 0.836. The van der Waals surface area contributed by atoms with Gasteiger partial charge in [0.05, 0.1) is 5.56 Å². The van der Waals surface area contributed by atoms with Crippen molar-refractivity contribution in [3.8, 4) is 0 Å². The second-order valence-electron chi connectivity index (χ2n) is 1.89. The van der Waals surface area contributed by atoms with E-state index in [4.69, 9.17) is 11.6 Å². The van der Waals surface area contributed by atoms with E-state index in [1.54, 1.807) is 25.3 Å². The van der Waals surface area contributed by atoms with Gasteiger partial charge in [0, 0.05) is 5.69 Å². The molecule has 0 aliphatic rings. The van der Waals surface area contributed by atoms with E-state index in [-0.39, 0.29) is 5.15 Å². The number of halogens is 1. The number of carbonyl (C=O) groups excluding carboxylic acids is 1. The third kappa shape index (κ3) is 1.33. The van der Waals surface area contributed by atoms with E-state index in [0.717, 1.165) is 5.69 Å². The molecule has 0 saturated heterocycles. The molecule has 0 bridgehead atoms. The maximum Gasteiger partial charge on any atom is 0.236 e. The Morgan fingerprint density at radius 2 is 2.30 bits per heavy atom. The Bertz CT molecular complexity index is 260. The zero-order valence-corrected chi connectivity index (χ0v) is 6.14. The van der Waals surface area contributed by atoms with Crippen molar-refractivity contribution in [2.24, 2.45) is 0 Å². The topological polar surface area (TPSA) is 30.0 Å². The first-order valence-corrected chi connectivity index (χ1v) is 3.13. The molecule has 0 aromatic carbocycles. The van der Waals surface area contributed by atoms with Crippen LogP contribution in [0.3, 0.4) is 0 Å². The molecule has 0 spiro atoms. The zero-order valence-electron chi connectivity index (χ0n) is 5.39. The zero-order chi connectivity index (χ0) is 7.56. The molecule has 1 aromatic rings. The average molecular weight is 155 g/mol. The summed E-state index contributed by atoms with van der Waals surface area (Å²) in [6.07, 6.45) is 1.68. The van der Waals surface area contributed by atoms with Crippen LogP contribution < -0.4 is 0 Å². The summed E-state index contributed by atoms with van der Waals surface area (Å²) in [4.78, 5) is 13.9. The lowest BCUT2D eigenvalue weighted by atomic mass is 10.3. The number of aryl methyl sites for hydroxylation is 1. The normalized spacial score (nSPS) is 9.40. The van der Waals surface area contributed by atoms with Crippen LogP contribution in [0.4, 0.5) is 0 Å². The summed E-state index contributed by atoms with van der Waals surface area (Å²) in [6.45, 7) is 1.81. The summed E-state index contributed by atoms with van der Waals surface area (Å²) >= 11 is 5.56. The van der Waals surface area contributed by atoms with Crippen LogP contribution in [0.15, 0.2) is 12.1 Å². The summed E-state index contributed by atoms with van der Waals surface area (Å²) in [5.41, 5.74) is 1.11. The maximum absolute atomic E-state index is 10.1. The SMILES string of the molecule is Cc1ccc([C]=O)c(Cl)n1. The lowest BCUT2D eigenvalue weighted by Crippen LogP contribution is -1.87. The molecular weight excluding hydrogens is 150 g/mol. The highest BCUT2D eigenvalue weighted by molar-refractivity contribution is 6.31.